The van der Waals surface area contributed by atoms with Crippen LogP contribution < -0.4 is 5.32 Å². The van der Waals surface area contributed by atoms with Gasteiger partial charge in [-0.3, -0.25) is 24.8 Å². The number of pyridine rings is 1. The number of hydrogen-bond acceptors (Lipinski definition) is 4. The highest BCUT2D eigenvalue weighted by atomic mass is 16.2. The molecule has 2 heterocycles. The van der Waals surface area contributed by atoms with E-state index in [2.05, 4.69) is 10.3 Å². The number of likely N-dealkylation sites (N-methyl/N-ethyl adjacent to an activating group) is 1. The van der Waals surface area contributed by atoms with E-state index in [0.29, 0.717) is 6.54 Å². The van der Waals surface area contributed by atoms with E-state index in [1.54, 1.807) is 0 Å². The van der Waals surface area contributed by atoms with Gasteiger partial charge in [-0.2, -0.15) is 0 Å². The van der Waals surface area contributed by atoms with Crippen molar-refractivity contribution in [3.8, 4) is 0 Å². The van der Waals surface area contributed by atoms with E-state index in [9.17, 15) is 9.59 Å². The molecule has 1 fully saturated rings. The Hall–Kier alpha value is -2.27. The SMILES string of the molecule is CN1C(=O)CC(NCc2ccc3ccccc3n2)C1=O. The summed E-state index contributed by atoms with van der Waals surface area (Å²) in [5.74, 6) is -0.310. The number of nitrogens with one attached hydrogen (secondary N) is 1. The number of carbonyl (C=O) groups excluding carboxylic acids is 2. The van der Waals surface area contributed by atoms with Crippen molar-refractivity contribution in [1.82, 2.24) is 15.2 Å². The lowest BCUT2D eigenvalue weighted by Gasteiger charge is -2.10. The van der Waals surface area contributed by atoms with Gasteiger partial charge in [0.2, 0.25) is 11.8 Å². The number of nitrogens with zero attached hydrogens (tertiary/aromatic N) is 2. The predicted molar refractivity (Wildman–Crippen MR) is 74.8 cm³/mol. The van der Waals surface area contributed by atoms with Gasteiger partial charge in [-0.15, -0.1) is 0 Å². The van der Waals surface area contributed by atoms with E-state index < -0.39 is 6.04 Å². The summed E-state index contributed by atoms with van der Waals surface area (Å²) < 4.78 is 0. The summed E-state index contributed by atoms with van der Waals surface area (Å²) in [6.45, 7) is 0.475. The fourth-order valence-electron chi connectivity index (χ4n) is 2.35. The fraction of sp³-hybridized carbons (Fsp3) is 0.267. The Bertz CT molecular complexity index is 684. The maximum Gasteiger partial charge on any atom is 0.246 e. The summed E-state index contributed by atoms with van der Waals surface area (Å²) >= 11 is 0. The molecule has 2 amide bonds. The van der Waals surface area contributed by atoms with Crippen LogP contribution in [-0.4, -0.2) is 34.8 Å². The minimum absolute atomic E-state index is 0.140. The molecule has 0 aliphatic carbocycles. The fourth-order valence-corrected chi connectivity index (χ4v) is 2.35. The molecule has 1 aliphatic heterocycles. The highest BCUT2D eigenvalue weighted by molar-refractivity contribution is 6.05. The molecular weight excluding hydrogens is 254 g/mol. The third-order valence-electron chi connectivity index (χ3n) is 3.57. The number of benzene rings is 1. The predicted octanol–water partition coefficient (Wildman–Crippen LogP) is 1.08. The average molecular weight is 269 g/mol. The number of carbonyl (C=O) groups is 2. The minimum Gasteiger partial charge on any atom is -0.300 e. The molecule has 3 rings (SSSR count). The second-order valence-electron chi connectivity index (χ2n) is 4.92. The standard InChI is InChI=1S/C15H15N3O2/c1-18-14(19)8-13(15(18)20)16-9-11-7-6-10-4-2-3-5-12(10)17-11/h2-7,13,16H,8-9H2,1H3. The Morgan fingerprint density at radius 2 is 2.05 bits per heavy atom. The zero-order valence-corrected chi connectivity index (χ0v) is 11.2. The lowest BCUT2D eigenvalue weighted by atomic mass is 10.2. The number of aromatic nitrogens is 1. The van der Waals surface area contributed by atoms with Crippen LogP contribution in [0.5, 0.6) is 0 Å². The Morgan fingerprint density at radius 3 is 2.80 bits per heavy atom. The lowest BCUT2D eigenvalue weighted by molar-refractivity contribution is -0.137. The molecule has 20 heavy (non-hydrogen) atoms. The van der Waals surface area contributed by atoms with Gasteiger partial charge in [-0.1, -0.05) is 24.3 Å². The molecule has 2 aromatic rings. The molecule has 102 valence electrons. The highest BCUT2D eigenvalue weighted by Gasteiger charge is 2.35. The molecule has 5 nitrogen and oxygen atoms in total. The molecule has 0 spiro atoms. The van der Waals surface area contributed by atoms with Crippen LogP contribution in [0.25, 0.3) is 10.9 Å². The van der Waals surface area contributed by atoms with Crippen LogP contribution in [0.4, 0.5) is 0 Å². The molecule has 1 saturated heterocycles. The first-order valence-corrected chi connectivity index (χ1v) is 6.53. The third kappa shape index (κ3) is 2.28. The number of para-hydroxylation sites is 1. The zero-order valence-electron chi connectivity index (χ0n) is 11.2. The van der Waals surface area contributed by atoms with Gasteiger partial charge in [-0.25, -0.2) is 0 Å². The molecule has 0 bridgehead atoms. The minimum atomic E-state index is -0.430. The van der Waals surface area contributed by atoms with E-state index in [4.69, 9.17) is 0 Å². The summed E-state index contributed by atoms with van der Waals surface area (Å²) in [5.41, 5.74) is 1.79. The molecule has 1 N–H and O–H groups in total. The number of hydrogen-bond donors (Lipinski definition) is 1. The number of fused-ring (bicyclic) bond motifs is 1. The normalized spacial score (nSPS) is 19.1. The first-order chi connectivity index (χ1) is 9.65. The first kappa shape index (κ1) is 12.7. The van der Waals surface area contributed by atoms with Gasteiger partial charge in [0, 0.05) is 19.0 Å². The lowest BCUT2D eigenvalue weighted by Crippen LogP contribution is -2.36. The van der Waals surface area contributed by atoms with Crippen molar-refractivity contribution in [2.45, 2.75) is 19.0 Å². The molecule has 5 heteroatoms. The molecule has 1 unspecified atom stereocenters. The van der Waals surface area contributed by atoms with Gasteiger partial charge >= 0.3 is 0 Å². The average Bonchev–Trinajstić information content (AvgIpc) is 2.72. The van der Waals surface area contributed by atoms with Crippen LogP contribution in [0.3, 0.4) is 0 Å². The van der Waals surface area contributed by atoms with Gasteiger partial charge in [0.1, 0.15) is 0 Å². The van der Waals surface area contributed by atoms with Gasteiger partial charge in [0.15, 0.2) is 0 Å². The van der Waals surface area contributed by atoms with E-state index >= 15 is 0 Å². The van der Waals surface area contributed by atoms with Crippen molar-refractivity contribution in [2.75, 3.05) is 7.05 Å². The Morgan fingerprint density at radius 1 is 1.25 bits per heavy atom. The Kier molecular flexibility index (Phi) is 3.20. The second-order valence-corrected chi connectivity index (χ2v) is 4.92. The van der Waals surface area contributed by atoms with Gasteiger partial charge in [0.05, 0.1) is 23.7 Å². The molecule has 1 aromatic carbocycles. The van der Waals surface area contributed by atoms with Gasteiger partial charge < -0.3 is 0 Å². The van der Waals surface area contributed by atoms with Crippen LogP contribution in [-0.2, 0) is 16.1 Å². The summed E-state index contributed by atoms with van der Waals surface area (Å²) in [7, 11) is 1.51. The van der Waals surface area contributed by atoms with Crippen LogP contribution in [0.1, 0.15) is 12.1 Å². The molecule has 1 atom stereocenters. The van der Waals surface area contributed by atoms with Crippen molar-refractivity contribution in [1.29, 1.82) is 0 Å². The van der Waals surface area contributed by atoms with E-state index in [0.717, 1.165) is 16.6 Å². The molecule has 1 aromatic heterocycles. The molecule has 0 radical (unpaired) electrons. The largest absolute Gasteiger partial charge is 0.300 e. The zero-order chi connectivity index (χ0) is 14.1. The van der Waals surface area contributed by atoms with Crippen molar-refractivity contribution in [2.24, 2.45) is 0 Å². The molecular formula is C15H15N3O2. The number of amides is 2. The van der Waals surface area contributed by atoms with E-state index in [1.165, 1.54) is 11.9 Å². The third-order valence-corrected chi connectivity index (χ3v) is 3.57. The monoisotopic (exact) mass is 269 g/mol. The maximum absolute atomic E-state index is 11.8. The Labute approximate surface area is 116 Å². The first-order valence-electron chi connectivity index (χ1n) is 6.53. The van der Waals surface area contributed by atoms with Crippen molar-refractivity contribution < 1.29 is 9.59 Å². The summed E-state index contributed by atoms with van der Waals surface area (Å²) in [5, 5.41) is 4.18. The smallest absolute Gasteiger partial charge is 0.246 e. The van der Waals surface area contributed by atoms with Gasteiger partial charge in [-0.05, 0) is 12.1 Å². The maximum atomic E-state index is 11.8. The van der Waals surface area contributed by atoms with Crippen LogP contribution >= 0.6 is 0 Å². The van der Waals surface area contributed by atoms with Crippen LogP contribution in [0, 0.1) is 0 Å². The molecule has 0 saturated carbocycles. The van der Waals surface area contributed by atoms with Crippen LogP contribution in [0.2, 0.25) is 0 Å². The number of imide groups is 1. The van der Waals surface area contributed by atoms with Crippen molar-refractivity contribution in [3.05, 3.63) is 42.1 Å². The molecule has 1 aliphatic rings. The summed E-state index contributed by atoms with van der Waals surface area (Å²) in [6, 6.07) is 11.4. The summed E-state index contributed by atoms with van der Waals surface area (Å²) in [4.78, 5) is 28.9. The summed E-state index contributed by atoms with van der Waals surface area (Å²) in [6.07, 6.45) is 0.225. The highest BCUT2D eigenvalue weighted by Crippen LogP contribution is 2.13. The van der Waals surface area contributed by atoms with Crippen LogP contribution in [0.15, 0.2) is 36.4 Å². The van der Waals surface area contributed by atoms with E-state index in [1.807, 2.05) is 36.4 Å². The van der Waals surface area contributed by atoms with Crippen molar-refractivity contribution >= 4 is 22.7 Å². The quantitative estimate of drug-likeness (QED) is 0.847. The van der Waals surface area contributed by atoms with Crippen molar-refractivity contribution in [3.63, 3.8) is 0 Å². The number of rotatable bonds is 3. The number of likely N-dealkylation sites (tertiary alicyclic amines) is 1. The second kappa shape index (κ2) is 5.02. The Balaban J connectivity index is 1.71. The van der Waals surface area contributed by atoms with Gasteiger partial charge in [0.25, 0.3) is 0 Å². The van der Waals surface area contributed by atoms with E-state index in [-0.39, 0.29) is 18.2 Å². The topological polar surface area (TPSA) is 62.3 Å².